The fraction of sp³-hybridized carbons (Fsp3) is 0.688. The fourth-order valence-corrected chi connectivity index (χ4v) is 2.77. The van der Waals surface area contributed by atoms with Crippen LogP contribution in [0.1, 0.15) is 19.3 Å². The predicted octanol–water partition coefficient (Wildman–Crippen LogP) is -2.61. The van der Waals surface area contributed by atoms with Gasteiger partial charge in [0.05, 0.1) is 12.6 Å². The minimum atomic E-state index is -1.45. The molecule has 0 heterocycles. The van der Waals surface area contributed by atoms with Gasteiger partial charge in [0.25, 0.3) is 0 Å². The van der Waals surface area contributed by atoms with Crippen LogP contribution in [0.4, 0.5) is 0 Å². The summed E-state index contributed by atoms with van der Waals surface area (Å²) in [5, 5.41) is 34.1. The normalized spacial score (nSPS) is 14.7. The number of hydrogen-bond acceptors (Lipinski definition) is 9. The van der Waals surface area contributed by atoms with Gasteiger partial charge in [-0.2, -0.15) is 24.4 Å². The number of carboxylic acids is 2. The summed E-state index contributed by atoms with van der Waals surface area (Å²) in [6, 6.07) is -5.00. The average molecular weight is 469 g/mol. The van der Waals surface area contributed by atoms with Gasteiger partial charge in [0.15, 0.2) is 0 Å². The van der Waals surface area contributed by atoms with Crippen molar-refractivity contribution in [3.8, 4) is 0 Å². The van der Waals surface area contributed by atoms with Crippen molar-refractivity contribution in [3.05, 3.63) is 0 Å². The topological polar surface area (TPSA) is 208 Å². The van der Waals surface area contributed by atoms with Gasteiger partial charge in [0.2, 0.25) is 17.7 Å². The number of aliphatic hydroxyl groups excluding tert-OH is 1. The van der Waals surface area contributed by atoms with E-state index in [1.54, 1.807) is 6.26 Å². The molecule has 0 aliphatic carbocycles. The molecule has 0 aliphatic heterocycles. The second-order valence-electron chi connectivity index (χ2n) is 6.21. The van der Waals surface area contributed by atoms with Crippen molar-refractivity contribution >= 4 is 54.1 Å². The van der Waals surface area contributed by atoms with E-state index in [2.05, 4.69) is 28.6 Å². The monoisotopic (exact) mass is 468 g/mol. The lowest BCUT2D eigenvalue weighted by molar-refractivity contribution is -0.143. The summed E-state index contributed by atoms with van der Waals surface area (Å²) < 4.78 is 0. The number of amides is 3. The van der Waals surface area contributed by atoms with Crippen LogP contribution in [0.5, 0.6) is 0 Å². The van der Waals surface area contributed by atoms with Gasteiger partial charge in [-0.3, -0.25) is 19.2 Å². The second-order valence-corrected chi connectivity index (χ2v) is 7.56. The lowest BCUT2D eigenvalue weighted by Crippen LogP contribution is -2.58. The molecule has 0 aromatic heterocycles. The second kappa shape index (κ2) is 14.9. The Labute approximate surface area is 183 Å². The van der Waals surface area contributed by atoms with E-state index in [4.69, 9.17) is 10.8 Å². The summed E-state index contributed by atoms with van der Waals surface area (Å²) in [6.07, 6.45) is 1.09. The molecule has 0 fully saturated rings. The molecule has 3 amide bonds. The number of rotatable bonds is 15. The van der Waals surface area contributed by atoms with Gasteiger partial charge in [-0.1, -0.05) is 0 Å². The molecule has 0 aliphatic rings. The molecular formula is C16H28N4O8S2. The maximum absolute atomic E-state index is 12.5. The maximum Gasteiger partial charge on any atom is 0.326 e. The van der Waals surface area contributed by atoms with Gasteiger partial charge < -0.3 is 37.0 Å². The van der Waals surface area contributed by atoms with Crippen molar-refractivity contribution in [2.24, 2.45) is 5.73 Å². The smallest absolute Gasteiger partial charge is 0.326 e. The molecule has 12 nitrogen and oxygen atoms in total. The number of hydrogen-bond donors (Lipinski definition) is 8. The van der Waals surface area contributed by atoms with Gasteiger partial charge >= 0.3 is 11.9 Å². The zero-order valence-corrected chi connectivity index (χ0v) is 18.1. The molecular weight excluding hydrogens is 440 g/mol. The van der Waals surface area contributed by atoms with E-state index in [9.17, 15) is 34.2 Å². The highest BCUT2D eigenvalue weighted by molar-refractivity contribution is 7.98. The zero-order valence-electron chi connectivity index (χ0n) is 16.4. The molecule has 0 radical (unpaired) electrons. The Morgan fingerprint density at radius 2 is 1.47 bits per heavy atom. The molecule has 0 rings (SSSR count). The van der Waals surface area contributed by atoms with Crippen LogP contribution < -0.4 is 21.7 Å². The van der Waals surface area contributed by atoms with Crippen LogP contribution in [0.25, 0.3) is 0 Å². The first-order valence-corrected chi connectivity index (χ1v) is 10.9. The standard InChI is InChI=1S/C16H28N4O8S2/c1-30-5-4-9(14(25)19-10(16(27)28)2-3-12(22)23)18-15(26)11(6-21)20-13(24)8(17)7-29/h8-11,21,29H,2-7,17H2,1H3,(H,18,26)(H,19,25)(H,20,24)(H,22,23)(H,27,28). The van der Waals surface area contributed by atoms with E-state index in [1.807, 2.05) is 0 Å². The minimum Gasteiger partial charge on any atom is -0.481 e. The van der Waals surface area contributed by atoms with Crippen LogP contribution >= 0.6 is 24.4 Å². The fourth-order valence-electron chi connectivity index (χ4n) is 2.13. The van der Waals surface area contributed by atoms with E-state index in [1.165, 1.54) is 11.8 Å². The van der Waals surface area contributed by atoms with Gasteiger partial charge in [-0.15, -0.1) is 0 Å². The zero-order chi connectivity index (χ0) is 23.3. The molecule has 172 valence electrons. The summed E-state index contributed by atoms with van der Waals surface area (Å²) in [4.78, 5) is 58.7. The van der Waals surface area contributed by atoms with Gasteiger partial charge in [0, 0.05) is 12.2 Å². The van der Waals surface area contributed by atoms with E-state index in [-0.39, 0.29) is 18.6 Å². The molecule has 30 heavy (non-hydrogen) atoms. The van der Waals surface area contributed by atoms with E-state index < -0.39 is 66.9 Å². The summed E-state index contributed by atoms with van der Waals surface area (Å²) in [5.74, 6) is -4.60. The van der Waals surface area contributed by atoms with Crippen LogP contribution in [0.3, 0.4) is 0 Å². The molecule has 0 saturated carbocycles. The van der Waals surface area contributed by atoms with E-state index in [0.29, 0.717) is 5.75 Å². The van der Waals surface area contributed by atoms with Crippen molar-refractivity contribution in [2.75, 3.05) is 24.4 Å². The van der Waals surface area contributed by atoms with Crippen molar-refractivity contribution in [1.82, 2.24) is 16.0 Å². The molecule has 0 aromatic rings. The first-order chi connectivity index (χ1) is 14.1. The van der Waals surface area contributed by atoms with Gasteiger partial charge in [-0.25, -0.2) is 4.79 Å². The highest BCUT2D eigenvalue weighted by Crippen LogP contribution is 2.05. The van der Waals surface area contributed by atoms with Crippen LogP contribution in [0, 0.1) is 0 Å². The highest BCUT2D eigenvalue weighted by atomic mass is 32.2. The third-order valence-corrected chi connectivity index (χ3v) is 4.89. The molecule has 0 saturated heterocycles. The third-order valence-electron chi connectivity index (χ3n) is 3.85. The first kappa shape index (κ1) is 28.0. The van der Waals surface area contributed by atoms with Gasteiger partial charge in [-0.05, 0) is 24.9 Å². The maximum atomic E-state index is 12.5. The van der Waals surface area contributed by atoms with Crippen molar-refractivity contribution in [3.63, 3.8) is 0 Å². The Hall–Kier alpha value is -2.03. The number of aliphatic hydroxyl groups is 1. The van der Waals surface area contributed by atoms with Gasteiger partial charge in [0.1, 0.15) is 18.1 Å². The van der Waals surface area contributed by atoms with E-state index in [0.717, 1.165) is 0 Å². The van der Waals surface area contributed by atoms with Crippen molar-refractivity contribution < 1.29 is 39.3 Å². The summed E-state index contributed by atoms with van der Waals surface area (Å²) in [7, 11) is 0. The molecule has 0 aromatic carbocycles. The lowest BCUT2D eigenvalue weighted by atomic mass is 10.1. The predicted molar refractivity (Wildman–Crippen MR) is 112 cm³/mol. The number of nitrogens with one attached hydrogen (secondary N) is 3. The third kappa shape index (κ3) is 10.7. The number of thioether (sulfide) groups is 1. The van der Waals surface area contributed by atoms with Crippen LogP contribution in [0.2, 0.25) is 0 Å². The quantitative estimate of drug-likeness (QED) is 0.117. The summed E-state index contributed by atoms with van der Waals surface area (Å²) in [5.41, 5.74) is 5.50. The number of carboxylic acid groups (broad SMARTS) is 2. The number of carbonyl (C=O) groups is 5. The molecule has 0 bridgehead atoms. The average Bonchev–Trinajstić information content (AvgIpc) is 2.70. The highest BCUT2D eigenvalue weighted by Gasteiger charge is 2.29. The van der Waals surface area contributed by atoms with Crippen LogP contribution in [0.15, 0.2) is 0 Å². The summed E-state index contributed by atoms with van der Waals surface area (Å²) >= 11 is 5.24. The summed E-state index contributed by atoms with van der Waals surface area (Å²) in [6.45, 7) is -0.760. The molecule has 4 unspecified atom stereocenters. The minimum absolute atomic E-state index is 0.0112. The Morgan fingerprint density at radius 3 is 1.93 bits per heavy atom. The Bertz CT molecular complexity index is 622. The number of carbonyl (C=O) groups excluding carboxylic acids is 3. The number of thiol groups is 1. The Morgan fingerprint density at radius 1 is 0.933 bits per heavy atom. The molecule has 14 heteroatoms. The molecule has 8 N–H and O–H groups in total. The van der Waals surface area contributed by atoms with Crippen molar-refractivity contribution in [1.29, 1.82) is 0 Å². The largest absolute Gasteiger partial charge is 0.481 e. The van der Waals surface area contributed by atoms with Crippen LogP contribution in [-0.2, 0) is 24.0 Å². The number of aliphatic carboxylic acids is 2. The molecule has 4 atom stereocenters. The van der Waals surface area contributed by atoms with E-state index >= 15 is 0 Å². The Balaban J connectivity index is 5.20. The lowest BCUT2D eigenvalue weighted by Gasteiger charge is -2.24. The van der Waals surface area contributed by atoms with Crippen LogP contribution in [-0.4, -0.2) is 93.5 Å². The molecule has 0 spiro atoms. The SMILES string of the molecule is CSCCC(NC(=O)C(CO)NC(=O)C(N)CS)C(=O)NC(CCC(=O)O)C(=O)O. The number of nitrogens with two attached hydrogens (primary N) is 1. The Kier molecular flexibility index (Phi) is 13.9. The first-order valence-electron chi connectivity index (χ1n) is 8.89. The van der Waals surface area contributed by atoms with Crippen molar-refractivity contribution in [2.45, 2.75) is 43.4 Å².